The van der Waals surface area contributed by atoms with Crippen molar-refractivity contribution in [3.8, 4) is 17.2 Å². The van der Waals surface area contributed by atoms with E-state index in [0.29, 0.717) is 26.7 Å². The first-order valence-corrected chi connectivity index (χ1v) is 7.63. The minimum Gasteiger partial charge on any atom is -0.481 e. The third-order valence-corrected chi connectivity index (χ3v) is 4.21. The van der Waals surface area contributed by atoms with Gasteiger partial charge in [0.2, 0.25) is 0 Å². The lowest BCUT2D eigenvalue weighted by Crippen LogP contribution is -2.16. The minimum absolute atomic E-state index is 0. The highest BCUT2D eigenvalue weighted by Crippen LogP contribution is 2.36. The molecular weight excluding hydrogens is 371 g/mol. The molecule has 0 aliphatic rings. The van der Waals surface area contributed by atoms with Gasteiger partial charge >= 0.3 is 5.97 Å². The summed E-state index contributed by atoms with van der Waals surface area (Å²) >= 11 is 12.5. The van der Waals surface area contributed by atoms with Crippen molar-refractivity contribution >= 4 is 41.6 Å². The molecule has 2 aromatic rings. The lowest BCUT2D eigenvalue weighted by molar-refractivity contribution is -0.137. The molecule has 0 amide bonds. The van der Waals surface area contributed by atoms with Gasteiger partial charge in [0, 0.05) is 27.1 Å². The summed E-state index contributed by atoms with van der Waals surface area (Å²) in [5.74, 6) is -1.23. The summed E-state index contributed by atoms with van der Waals surface area (Å²) < 4.78 is 0. The predicted octanol–water partition coefficient (Wildman–Crippen LogP) is 4.47. The highest BCUT2D eigenvalue weighted by molar-refractivity contribution is 6.36. The fourth-order valence-electron chi connectivity index (χ4n) is 2.35. The Morgan fingerprint density at radius 1 is 1.17 bits per heavy atom. The number of carboxylic acids is 1. The van der Waals surface area contributed by atoms with Crippen molar-refractivity contribution in [3.63, 3.8) is 0 Å². The number of hydrogen-bond donors (Lipinski definition) is 2. The minimum atomic E-state index is -0.915. The second-order valence-corrected chi connectivity index (χ2v) is 5.89. The zero-order valence-electron chi connectivity index (χ0n) is 12.5. The predicted molar refractivity (Wildman–Crippen MR) is 97.9 cm³/mol. The van der Waals surface area contributed by atoms with Gasteiger partial charge in [-0.05, 0) is 42.4 Å². The second kappa shape index (κ2) is 8.91. The number of carbonyl (C=O) groups is 1. The molecule has 126 valence electrons. The molecule has 0 bridgehead atoms. The third kappa shape index (κ3) is 4.62. The quantitative estimate of drug-likeness (QED) is 0.795. The first-order chi connectivity index (χ1) is 11.0. The van der Waals surface area contributed by atoms with Gasteiger partial charge in [-0.2, -0.15) is 5.26 Å². The summed E-state index contributed by atoms with van der Waals surface area (Å²) in [6.45, 7) is 0.208. The molecule has 7 heteroatoms. The number of hydrogen-bond acceptors (Lipinski definition) is 3. The zero-order chi connectivity index (χ0) is 17.0. The Hall–Kier alpha value is -1.77. The van der Waals surface area contributed by atoms with Crippen LogP contribution in [0.3, 0.4) is 0 Å². The van der Waals surface area contributed by atoms with E-state index in [2.05, 4.69) is 6.07 Å². The molecule has 0 radical (unpaired) electrons. The largest absolute Gasteiger partial charge is 0.481 e. The number of nitrogens with two attached hydrogens (primary N) is 1. The Balaban J connectivity index is 0.00000288. The van der Waals surface area contributed by atoms with Crippen molar-refractivity contribution in [1.82, 2.24) is 0 Å². The van der Waals surface area contributed by atoms with Crippen molar-refractivity contribution in [1.29, 1.82) is 5.26 Å². The molecule has 0 unspecified atom stereocenters. The van der Waals surface area contributed by atoms with E-state index in [9.17, 15) is 4.79 Å². The Morgan fingerprint density at radius 3 is 2.29 bits per heavy atom. The number of rotatable bonds is 5. The van der Waals surface area contributed by atoms with E-state index in [4.69, 9.17) is 39.3 Å². The maximum absolute atomic E-state index is 11.0. The van der Waals surface area contributed by atoms with E-state index in [1.54, 1.807) is 36.4 Å². The van der Waals surface area contributed by atoms with Gasteiger partial charge in [0.15, 0.2) is 0 Å². The summed E-state index contributed by atoms with van der Waals surface area (Å²) in [4.78, 5) is 11.0. The zero-order valence-corrected chi connectivity index (χ0v) is 14.8. The molecule has 24 heavy (non-hydrogen) atoms. The van der Waals surface area contributed by atoms with E-state index >= 15 is 0 Å². The van der Waals surface area contributed by atoms with Crippen LogP contribution in [0.25, 0.3) is 11.1 Å². The fourth-order valence-corrected chi connectivity index (χ4v) is 2.79. The van der Waals surface area contributed by atoms with Crippen LogP contribution in [0.4, 0.5) is 0 Å². The van der Waals surface area contributed by atoms with Crippen molar-refractivity contribution in [3.05, 3.63) is 57.6 Å². The number of nitrogens with zero attached hydrogens (tertiary/aromatic N) is 1. The normalized spacial score (nSPS) is 11.2. The van der Waals surface area contributed by atoms with Crippen LogP contribution < -0.4 is 5.73 Å². The van der Waals surface area contributed by atoms with Crippen LogP contribution in [0.15, 0.2) is 36.4 Å². The summed E-state index contributed by atoms with van der Waals surface area (Å²) in [6, 6.07) is 12.2. The molecule has 0 aliphatic carbocycles. The van der Waals surface area contributed by atoms with Crippen LogP contribution in [0, 0.1) is 11.3 Å². The van der Waals surface area contributed by atoms with Gasteiger partial charge in [-0.15, -0.1) is 12.4 Å². The first kappa shape index (κ1) is 20.3. The van der Waals surface area contributed by atoms with Crippen molar-refractivity contribution in [2.45, 2.75) is 12.3 Å². The van der Waals surface area contributed by atoms with Crippen molar-refractivity contribution in [2.75, 3.05) is 6.54 Å². The van der Waals surface area contributed by atoms with Gasteiger partial charge in [-0.3, -0.25) is 4.79 Å². The monoisotopic (exact) mass is 384 g/mol. The molecule has 0 saturated carbocycles. The third-order valence-electron chi connectivity index (χ3n) is 3.55. The first-order valence-electron chi connectivity index (χ1n) is 6.87. The molecule has 0 saturated heterocycles. The lowest BCUT2D eigenvalue weighted by atomic mass is 9.92. The van der Waals surface area contributed by atoms with Crippen LogP contribution in [-0.2, 0) is 4.79 Å². The summed E-state index contributed by atoms with van der Waals surface area (Å²) in [6.07, 6.45) is -0.0659. The van der Waals surface area contributed by atoms with E-state index in [0.717, 1.165) is 5.56 Å². The van der Waals surface area contributed by atoms with Crippen LogP contribution in [0.5, 0.6) is 0 Å². The molecule has 0 aromatic heterocycles. The van der Waals surface area contributed by atoms with Crippen LogP contribution >= 0.6 is 35.6 Å². The van der Waals surface area contributed by atoms with E-state index in [1.807, 2.05) is 0 Å². The highest BCUT2D eigenvalue weighted by Gasteiger charge is 2.17. The van der Waals surface area contributed by atoms with Crippen LogP contribution in [-0.4, -0.2) is 17.6 Å². The number of nitriles is 1. The standard InChI is InChI=1S/C17H14Cl2N2O2.ClH/c18-15-3-1-10(8-20)5-13(15)14-6-11(2-4-16(14)19)12(9-21)7-17(22)23;/h1-6,12H,7,9,21H2,(H,22,23);1H/t12-;/m0./s1. The highest BCUT2D eigenvalue weighted by atomic mass is 35.5. The topological polar surface area (TPSA) is 87.1 Å². The van der Waals surface area contributed by atoms with Gasteiger partial charge in [-0.25, -0.2) is 0 Å². The number of benzene rings is 2. The van der Waals surface area contributed by atoms with Gasteiger partial charge in [0.25, 0.3) is 0 Å². The second-order valence-electron chi connectivity index (χ2n) is 5.08. The molecule has 0 heterocycles. The fraction of sp³-hybridized carbons (Fsp3) is 0.176. The van der Waals surface area contributed by atoms with Gasteiger partial charge in [0.05, 0.1) is 18.1 Å². The molecule has 0 aliphatic heterocycles. The summed E-state index contributed by atoms with van der Waals surface area (Å²) in [5.41, 5.74) is 8.20. The van der Waals surface area contributed by atoms with Crippen molar-refractivity contribution < 1.29 is 9.90 Å². The molecule has 3 N–H and O–H groups in total. The average molecular weight is 386 g/mol. The Bertz CT molecular complexity index is 788. The Morgan fingerprint density at radius 2 is 1.75 bits per heavy atom. The SMILES string of the molecule is Cl.N#Cc1ccc(Cl)c(-c2cc([C@H](CN)CC(=O)O)ccc2Cl)c1. The number of carboxylic acid groups (broad SMARTS) is 1. The molecule has 0 spiro atoms. The molecule has 2 rings (SSSR count). The Kier molecular flexibility index (Phi) is 7.53. The van der Waals surface area contributed by atoms with Crippen LogP contribution in [0.1, 0.15) is 23.5 Å². The smallest absolute Gasteiger partial charge is 0.304 e. The van der Waals surface area contributed by atoms with E-state index in [1.165, 1.54) is 0 Å². The van der Waals surface area contributed by atoms with E-state index in [-0.39, 0.29) is 31.3 Å². The van der Waals surface area contributed by atoms with E-state index < -0.39 is 5.97 Å². The molecular formula is C17H15Cl3N2O2. The molecule has 4 nitrogen and oxygen atoms in total. The summed E-state index contributed by atoms with van der Waals surface area (Å²) in [7, 11) is 0. The van der Waals surface area contributed by atoms with Gasteiger partial charge < -0.3 is 10.8 Å². The average Bonchev–Trinajstić information content (AvgIpc) is 2.54. The maximum Gasteiger partial charge on any atom is 0.304 e. The Labute approximate surface area is 156 Å². The lowest BCUT2D eigenvalue weighted by Gasteiger charge is -2.16. The maximum atomic E-state index is 11.0. The molecule has 2 aromatic carbocycles. The van der Waals surface area contributed by atoms with Gasteiger partial charge in [0.1, 0.15) is 0 Å². The van der Waals surface area contributed by atoms with Crippen LogP contribution in [0.2, 0.25) is 10.0 Å². The summed E-state index contributed by atoms with van der Waals surface area (Å²) in [5, 5.41) is 19.0. The number of halogens is 3. The van der Waals surface area contributed by atoms with Crippen molar-refractivity contribution in [2.24, 2.45) is 5.73 Å². The number of aliphatic carboxylic acids is 1. The van der Waals surface area contributed by atoms with Gasteiger partial charge in [-0.1, -0.05) is 29.3 Å². The molecule has 1 atom stereocenters. The molecule has 0 fully saturated rings.